The standard InChI is InChI=1S/C32H32N6O6/c1-5-18-43-31(42)38-24-19-25(30(41)35-32(2,3)20-12-7-6-8-13-20)44-26(24)27(36-38)34-28(39)21-14-9-10-15-22(21)33-29(40)23-16-11-17-37(23)4/h6-17,19H,5,18H2,1-4H3,(H,33,40)(H,35,41)(H,34,36,39). The van der Waals surface area contributed by atoms with Gasteiger partial charge in [-0.05, 0) is 50.1 Å². The summed E-state index contributed by atoms with van der Waals surface area (Å²) in [5.74, 6) is -1.76. The molecule has 3 N–H and O–H groups in total. The SMILES string of the molecule is CCCOC(=O)n1nc(NC(=O)c2ccccc2NC(=O)c2cccn2C)c2oc(C(=O)NC(C)(C)c3ccccc3)cc21. The van der Waals surface area contributed by atoms with Crippen LogP contribution in [0, 0.1) is 0 Å². The van der Waals surface area contributed by atoms with Gasteiger partial charge in [-0.1, -0.05) is 49.4 Å². The lowest BCUT2D eigenvalue weighted by atomic mass is 9.94. The van der Waals surface area contributed by atoms with Crippen molar-refractivity contribution in [1.29, 1.82) is 0 Å². The molecular formula is C32H32N6O6. The molecule has 44 heavy (non-hydrogen) atoms. The zero-order valence-corrected chi connectivity index (χ0v) is 24.7. The van der Waals surface area contributed by atoms with E-state index in [4.69, 9.17) is 9.15 Å². The van der Waals surface area contributed by atoms with Crippen molar-refractivity contribution in [3.05, 3.63) is 102 Å². The third kappa shape index (κ3) is 6.09. The number of anilines is 2. The van der Waals surface area contributed by atoms with E-state index in [9.17, 15) is 19.2 Å². The zero-order valence-electron chi connectivity index (χ0n) is 24.7. The molecule has 0 radical (unpaired) electrons. The van der Waals surface area contributed by atoms with Crippen LogP contribution in [0.2, 0.25) is 0 Å². The summed E-state index contributed by atoms with van der Waals surface area (Å²) in [7, 11) is 1.74. The molecule has 3 aromatic heterocycles. The molecule has 0 saturated heterocycles. The fourth-order valence-corrected chi connectivity index (χ4v) is 4.61. The normalized spacial score (nSPS) is 11.3. The molecule has 0 aliphatic carbocycles. The summed E-state index contributed by atoms with van der Waals surface area (Å²) in [6.45, 7) is 5.70. The van der Waals surface area contributed by atoms with Gasteiger partial charge in [-0.25, -0.2) is 4.79 Å². The number of hydrogen-bond acceptors (Lipinski definition) is 7. The smallest absolute Gasteiger partial charge is 0.435 e. The van der Waals surface area contributed by atoms with Gasteiger partial charge in [0.15, 0.2) is 17.2 Å². The monoisotopic (exact) mass is 596 g/mol. The summed E-state index contributed by atoms with van der Waals surface area (Å²) in [4.78, 5) is 52.5. The third-order valence-electron chi connectivity index (χ3n) is 6.93. The van der Waals surface area contributed by atoms with Crippen LogP contribution in [-0.2, 0) is 17.3 Å². The molecule has 0 bridgehead atoms. The van der Waals surface area contributed by atoms with Crippen molar-refractivity contribution in [3.63, 3.8) is 0 Å². The highest BCUT2D eigenvalue weighted by atomic mass is 16.6. The lowest BCUT2D eigenvalue weighted by Crippen LogP contribution is -2.40. The highest BCUT2D eigenvalue weighted by molar-refractivity contribution is 6.14. The highest BCUT2D eigenvalue weighted by Gasteiger charge is 2.29. The van der Waals surface area contributed by atoms with Crippen LogP contribution in [0.3, 0.4) is 0 Å². The minimum Gasteiger partial charge on any atom is -0.448 e. The molecular weight excluding hydrogens is 564 g/mol. The lowest BCUT2D eigenvalue weighted by molar-refractivity contribution is 0.0884. The van der Waals surface area contributed by atoms with Gasteiger partial charge >= 0.3 is 6.09 Å². The fraction of sp³-hybridized carbons (Fsp3) is 0.219. The number of aryl methyl sites for hydroxylation is 1. The Bertz CT molecular complexity index is 1850. The van der Waals surface area contributed by atoms with Gasteiger partial charge in [0.2, 0.25) is 0 Å². The number of para-hydroxylation sites is 1. The molecule has 12 nitrogen and oxygen atoms in total. The minimum atomic E-state index is -0.801. The van der Waals surface area contributed by atoms with Gasteiger partial charge in [-0.2, -0.15) is 4.68 Å². The molecule has 226 valence electrons. The maximum Gasteiger partial charge on any atom is 0.435 e. The maximum atomic E-state index is 13.5. The van der Waals surface area contributed by atoms with Crippen LogP contribution in [0.4, 0.5) is 16.3 Å². The quantitative estimate of drug-likeness (QED) is 0.202. The molecule has 2 aromatic carbocycles. The van der Waals surface area contributed by atoms with Crippen LogP contribution in [-0.4, -0.2) is 44.8 Å². The van der Waals surface area contributed by atoms with E-state index >= 15 is 0 Å². The number of nitrogens with zero attached hydrogens (tertiary/aromatic N) is 3. The van der Waals surface area contributed by atoms with Crippen molar-refractivity contribution in [2.24, 2.45) is 7.05 Å². The number of amides is 3. The Morgan fingerprint density at radius 2 is 1.64 bits per heavy atom. The molecule has 5 aromatic rings. The van der Waals surface area contributed by atoms with E-state index in [0.29, 0.717) is 12.1 Å². The number of benzene rings is 2. The summed E-state index contributed by atoms with van der Waals surface area (Å²) in [5.41, 5.74) is 1.08. The van der Waals surface area contributed by atoms with Crippen molar-refractivity contribution in [3.8, 4) is 0 Å². The topological polar surface area (TPSA) is 149 Å². The Morgan fingerprint density at radius 3 is 2.34 bits per heavy atom. The van der Waals surface area contributed by atoms with Crippen LogP contribution in [0.25, 0.3) is 11.1 Å². The zero-order chi connectivity index (χ0) is 31.4. The highest BCUT2D eigenvalue weighted by Crippen LogP contribution is 2.29. The second-order valence-corrected chi connectivity index (χ2v) is 10.6. The summed E-state index contributed by atoms with van der Waals surface area (Å²) >= 11 is 0. The number of rotatable bonds is 9. The molecule has 12 heteroatoms. The first kappa shape index (κ1) is 29.8. The predicted octanol–water partition coefficient (Wildman–Crippen LogP) is 5.53. The van der Waals surface area contributed by atoms with Crippen LogP contribution in [0.15, 0.2) is 83.4 Å². The molecule has 0 spiro atoms. The summed E-state index contributed by atoms with van der Waals surface area (Å²) in [6.07, 6.45) is 1.52. The first-order valence-electron chi connectivity index (χ1n) is 14.0. The van der Waals surface area contributed by atoms with E-state index in [1.165, 1.54) is 12.1 Å². The van der Waals surface area contributed by atoms with Gasteiger partial charge in [-0.15, -0.1) is 5.10 Å². The lowest BCUT2D eigenvalue weighted by Gasteiger charge is -2.26. The van der Waals surface area contributed by atoms with Crippen molar-refractivity contribution < 1.29 is 28.3 Å². The van der Waals surface area contributed by atoms with Gasteiger partial charge in [0.25, 0.3) is 17.7 Å². The number of fused-ring (bicyclic) bond motifs is 1. The molecule has 0 fully saturated rings. The Morgan fingerprint density at radius 1 is 0.909 bits per heavy atom. The molecule has 0 unspecified atom stereocenters. The minimum absolute atomic E-state index is 0.000192. The van der Waals surface area contributed by atoms with Gasteiger partial charge in [-0.3, -0.25) is 14.4 Å². The van der Waals surface area contributed by atoms with Gasteiger partial charge < -0.3 is 29.7 Å². The Kier molecular flexibility index (Phi) is 8.34. The second-order valence-electron chi connectivity index (χ2n) is 10.6. The van der Waals surface area contributed by atoms with Crippen molar-refractivity contribution >= 4 is 46.4 Å². The predicted molar refractivity (Wildman–Crippen MR) is 164 cm³/mol. The molecule has 0 aliphatic heterocycles. The largest absolute Gasteiger partial charge is 0.448 e. The molecule has 5 rings (SSSR count). The van der Waals surface area contributed by atoms with Gasteiger partial charge in [0.05, 0.1) is 23.4 Å². The van der Waals surface area contributed by atoms with Crippen molar-refractivity contribution in [1.82, 2.24) is 19.7 Å². The van der Waals surface area contributed by atoms with Crippen LogP contribution in [0.5, 0.6) is 0 Å². The van der Waals surface area contributed by atoms with E-state index in [1.807, 2.05) is 51.1 Å². The van der Waals surface area contributed by atoms with E-state index in [2.05, 4.69) is 21.0 Å². The average molecular weight is 597 g/mol. The van der Waals surface area contributed by atoms with Gasteiger partial charge in [0, 0.05) is 19.3 Å². The molecule has 3 heterocycles. The van der Waals surface area contributed by atoms with Crippen LogP contribution >= 0.6 is 0 Å². The first-order valence-corrected chi connectivity index (χ1v) is 14.0. The Labute approximate surface area is 253 Å². The molecule has 0 saturated carbocycles. The fourth-order valence-electron chi connectivity index (χ4n) is 4.61. The summed E-state index contributed by atoms with van der Waals surface area (Å²) < 4.78 is 13.7. The van der Waals surface area contributed by atoms with Crippen LogP contribution in [0.1, 0.15) is 64.2 Å². The number of aromatic nitrogens is 3. The maximum absolute atomic E-state index is 13.5. The van der Waals surface area contributed by atoms with Gasteiger partial charge in [0.1, 0.15) is 11.2 Å². The van der Waals surface area contributed by atoms with E-state index in [-0.39, 0.29) is 40.5 Å². The molecule has 0 aliphatic rings. The summed E-state index contributed by atoms with van der Waals surface area (Å²) in [5, 5.41) is 12.6. The number of furan rings is 1. The Balaban J connectivity index is 1.45. The first-order chi connectivity index (χ1) is 21.1. The van der Waals surface area contributed by atoms with E-state index in [0.717, 1.165) is 10.2 Å². The number of nitrogens with one attached hydrogen (secondary N) is 3. The molecule has 0 atom stereocenters. The number of carbonyl (C=O) groups is 4. The third-order valence-corrected chi connectivity index (χ3v) is 6.93. The second kappa shape index (κ2) is 12.3. The Hall–Kier alpha value is -5.65. The average Bonchev–Trinajstić information content (AvgIpc) is 3.72. The van der Waals surface area contributed by atoms with Crippen molar-refractivity contribution in [2.45, 2.75) is 32.7 Å². The number of hydrogen-bond donors (Lipinski definition) is 3. The van der Waals surface area contributed by atoms with Crippen LogP contribution < -0.4 is 16.0 Å². The summed E-state index contributed by atoms with van der Waals surface area (Å²) in [6, 6.07) is 20.7. The number of carbonyl (C=O) groups excluding carboxylic acids is 4. The van der Waals surface area contributed by atoms with Crippen molar-refractivity contribution in [2.75, 3.05) is 17.2 Å². The molecule has 3 amide bonds. The van der Waals surface area contributed by atoms with E-state index in [1.54, 1.807) is 48.1 Å². The van der Waals surface area contributed by atoms with E-state index < -0.39 is 29.4 Å². The number of ether oxygens (including phenoxy) is 1.